The molecule has 84 valence electrons. The third kappa shape index (κ3) is 3.90. The van der Waals surface area contributed by atoms with Crippen molar-refractivity contribution in [3.05, 3.63) is 29.6 Å². The van der Waals surface area contributed by atoms with E-state index in [9.17, 15) is 13.2 Å². The maximum atomic E-state index is 12.3. The van der Waals surface area contributed by atoms with Crippen molar-refractivity contribution < 1.29 is 13.2 Å². The highest BCUT2D eigenvalue weighted by atomic mass is 19.4. The van der Waals surface area contributed by atoms with E-state index in [1.165, 1.54) is 6.20 Å². The van der Waals surface area contributed by atoms with Crippen LogP contribution in [0.5, 0.6) is 0 Å². The molecule has 4 heteroatoms. The van der Waals surface area contributed by atoms with Gasteiger partial charge in [-0.25, -0.2) is 0 Å². The first-order chi connectivity index (χ1) is 6.68. The van der Waals surface area contributed by atoms with Crippen molar-refractivity contribution >= 4 is 0 Å². The molecule has 0 bridgehead atoms. The minimum absolute atomic E-state index is 0.0236. The molecular weight excluding hydrogens is 203 g/mol. The lowest BCUT2D eigenvalue weighted by Crippen LogP contribution is -2.12. The maximum Gasteiger partial charge on any atom is 0.433 e. The summed E-state index contributed by atoms with van der Waals surface area (Å²) in [4.78, 5) is 3.32. The fraction of sp³-hybridized carbons (Fsp3) is 0.545. The first-order valence-electron chi connectivity index (χ1n) is 4.71. The van der Waals surface area contributed by atoms with Crippen LogP contribution in [0.4, 0.5) is 13.2 Å². The largest absolute Gasteiger partial charge is 0.433 e. The number of rotatable bonds is 1. The minimum Gasteiger partial charge on any atom is -0.252 e. The Labute approximate surface area is 87.3 Å². The molecule has 0 aliphatic rings. The van der Waals surface area contributed by atoms with Gasteiger partial charge in [0.05, 0.1) is 0 Å². The highest BCUT2D eigenvalue weighted by molar-refractivity contribution is 5.19. The molecule has 0 saturated carbocycles. The minimum atomic E-state index is -4.35. The fourth-order valence-corrected chi connectivity index (χ4v) is 1.35. The van der Waals surface area contributed by atoms with Crippen LogP contribution in [0.2, 0.25) is 0 Å². The molecule has 0 fully saturated rings. The predicted molar refractivity (Wildman–Crippen MR) is 52.4 cm³/mol. The van der Waals surface area contributed by atoms with Crippen molar-refractivity contribution in [2.24, 2.45) is 5.41 Å². The third-order valence-electron chi connectivity index (χ3n) is 1.85. The Hall–Kier alpha value is -1.06. The van der Waals surface area contributed by atoms with Gasteiger partial charge in [0.15, 0.2) is 0 Å². The second kappa shape index (κ2) is 3.83. The van der Waals surface area contributed by atoms with Crippen LogP contribution in [0.3, 0.4) is 0 Å². The van der Waals surface area contributed by atoms with Gasteiger partial charge >= 0.3 is 6.18 Å². The Morgan fingerprint density at radius 1 is 1.20 bits per heavy atom. The average molecular weight is 217 g/mol. The van der Waals surface area contributed by atoms with Gasteiger partial charge < -0.3 is 0 Å². The van der Waals surface area contributed by atoms with Crippen molar-refractivity contribution in [1.82, 2.24) is 4.98 Å². The monoisotopic (exact) mass is 217 g/mol. The van der Waals surface area contributed by atoms with E-state index >= 15 is 0 Å². The Balaban J connectivity index is 2.94. The summed E-state index contributed by atoms with van der Waals surface area (Å²) in [7, 11) is 0. The molecule has 1 aromatic heterocycles. The van der Waals surface area contributed by atoms with E-state index in [0.29, 0.717) is 12.0 Å². The van der Waals surface area contributed by atoms with Gasteiger partial charge in [-0.15, -0.1) is 0 Å². The highest BCUT2D eigenvalue weighted by Gasteiger charge is 2.32. The van der Waals surface area contributed by atoms with Crippen molar-refractivity contribution in [2.45, 2.75) is 33.4 Å². The fourth-order valence-electron chi connectivity index (χ4n) is 1.35. The lowest BCUT2D eigenvalue weighted by Gasteiger charge is -2.18. The second-order valence-corrected chi connectivity index (χ2v) is 4.78. The summed E-state index contributed by atoms with van der Waals surface area (Å²) in [5.41, 5.74) is -0.168. The van der Waals surface area contributed by atoms with E-state index in [1.807, 2.05) is 20.8 Å². The van der Waals surface area contributed by atoms with Gasteiger partial charge in [-0.2, -0.15) is 13.2 Å². The first-order valence-corrected chi connectivity index (χ1v) is 4.71. The maximum absolute atomic E-state index is 12.3. The molecule has 1 aromatic rings. The van der Waals surface area contributed by atoms with Crippen LogP contribution in [0, 0.1) is 5.41 Å². The van der Waals surface area contributed by atoms with Crippen LogP contribution >= 0.6 is 0 Å². The molecule has 0 amide bonds. The molecule has 0 radical (unpaired) electrons. The van der Waals surface area contributed by atoms with Crippen molar-refractivity contribution in [2.75, 3.05) is 0 Å². The molecule has 1 nitrogen and oxygen atoms in total. The molecule has 0 spiro atoms. The molecule has 0 saturated heterocycles. The van der Waals surface area contributed by atoms with Crippen molar-refractivity contribution in [3.8, 4) is 0 Å². The van der Waals surface area contributed by atoms with E-state index in [2.05, 4.69) is 4.98 Å². The molecule has 0 aliphatic heterocycles. The molecule has 0 unspecified atom stereocenters. The van der Waals surface area contributed by atoms with Gasteiger partial charge in [0.25, 0.3) is 0 Å². The Morgan fingerprint density at radius 2 is 1.80 bits per heavy atom. The molecule has 15 heavy (non-hydrogen) atoms. The number of nitrogens with zero attached hydrogens (tertiary/aromatic N) is 1. The van der Waals surface area contributed by atoms with Crippen LogP contribution in [-0.4, -0.2) is 4.98 Å². The molecule has 0 N–H and O–H groups in total. The number of hydrogen-bond donors (Lipinski definition) is 0. The number of halogens is 3. The van der Waals surface area contributed by atoms with Crippen LogP contribution in [0.15, 0.2) is 18.3 Å². The standard InChI is InChI=1S/C11H14F3N/c1-10(2,3)7-8-4-5-15-9(6-8)11(12,13)14/h4-6H,7H2,1-3H3. The van der Waals surface area contributed by atoms with Crippen LogP contribution in [-0.2, 0) is 12.6 Å². The lowest BCUT2D eigenvalue weighted by molar-refractivity contribution is -0.141. The summed E-state index contributed by atoms with van der Waals surface area (Å²) in [6.07, 6.45) is -2.53. The first kappa shape index (κ1) is 12.0. The zero-order valence-electron chi connectivity index (χ0n) is 9.02. The predicted octanol–water partition coefficient (Wildman–Crippen LogP) is 3.69. The summed E-state index contributed by atoms with van der Waals surface area (Å²) >= 11 is 0. The summed E-state index contributed by atoms with van der Waals surface area (Å²) in [5.74, 6) is 0. The lowest BCUT2D eigenvalue weighted by atomic mass is 9.88. The summed E-state index contributed by atoms with van der Waals surface area (Å²) in [6.45, 7) is 5.96. The smallest absolute Gasteiger partial charge is 0.252 e. The van der Waals surface area contributed by atoms with E-state index in [-0.39, 0.29) is 5.41 Å². The highest BCUT2D eigenvalue weighted by Crippen LogP contribution is 2.29. The van der Waals surface area contributed by atoms with Gasteiger partial charge in [-0.1, -0.05) is 20.8 Å². The van der Waals surface area contributed by atoms with Crippen molar-refractivity contribution in [3.63, 3.8) is 0 Å². The SMILES string of the molecule is CC(C)(C)Cc1ccnc(C(F)(F)F)c1. The Kier molecular flexibility index (Phi) is 3.07. The van der Waals surface area contributed by atoms with Crippen LogP contribution in [0.25, 0.3) is 0 Å². The second-order valence-electron chi connectivity index (χ2n) is 4.78. The molecule has 1 heterocycles. The number of pyridine rings is 1. The average Bonchev–Trinajstić information content (AvgIpc) is 1.99. The molecule has 0 atom stereocenters. The normalized spacial score (nSPS) is 12.9. The van der Waals surface area contributed by atoms with Crippen LogP contribution in [0.1, 0.15) is 32.0 Å². The molecule has 1 rings (SSSR count). The van der Waals surface area contributed by atoms with E-state index in [0.717, 1.165) is 6.07 Å². The summed E-state index contributed by atoms with van der Waals surface area (Å²) < 4.78 is 37.0. The van der Waals surface area contributed by atoms with Gasteiger partial charge in [0.1, 0.15) is 5.69 Å². The molecule has 0 aliphatic carbocycles. The zero-order chi connectivity index (χ0) is 11.7. The van der Waals surface area contributed by atoms with Gasteiger partial charge in [0, 0.05) is 6.20 Å². The Morgan fingerprint density at radius 3 is 2.27 bits per heavy atom. The zero-order valence-corrected chi connectivity index (χ0v) is 9.02. The topological polar surface area (TPSA) is 12.9 Å². The third-order valence-corrected chi connectivity index (χ3v) is 1.85. The van der Waals surface area contributed by atoms with Gasteiger partial charge in [-0.05, 0) is 29.5 Å². The number of hydrogen-bond acceptors (Lipinski definition) is 1. The van der Waals surface area contributed by atoms with Gasteiger partial charge in [0.2, 0.25) is 0 Å². The Bertz CT molecular complexity index is 336. The number of aromatic nitrogens is 1. The van der Waals surface area contributed by atoms with E-state index < -0.39 is 11.9 Å². The quantitative estimate of drug-likeness (QED) is 0.699. The number of alkyl halides is 3. The summed E-state index contributed by atoms with van der Waals surface area (Å²) in [6, 6.07) is 2.74. The molecular formula is C11H14F3N. The van der Waals surface area contributed by atoms with Crippen molar-refractivity contribution in [1.29, 1.82) is 0 Å². The van der Waals surface area contributed by atoms with Crippen LogP contribution < -0.4 is 0 Å². The summed E-state index contributed by atoms with van der Waals surface area (Å²) in [5, 5.41) is 0. The van der Waals surface area contributed by atoms with Gasteiger partial charge in [-0.3, -0.25) is 4.98 Å². The van der Waals surface area contributed by atoms with E-state index in [4.69, 9.17) is 0 Å². The van der Waals surface area contributed by atoms with E-state index in [1.54, 1.807) is 6.07 Å². The molecule has 0 aromatic carbocycles.